The molecule has 144 valence electrons. The van der Waals surface area contributed by atoms with Crippen molar-refractivity contribution in [2.24, 2.45) is 0 Å². The Bertz CT molecular complexity index is 1230. The molecule has 0 aliphatic rings. The predicted octanol–water partition coefficient (Wildman–Crippen LogP) is 4.65. The molecule has 0 fully saturated rings. The Hall–Kier alpha value is -3.73. The number of rotatable bonds is 4. The molecule has 0 aliphatic heterocycles. The Kier molecular flexibility index (Phi) is 4.96. The number of aromatic nitrogens is 1. The van der Waals surface area contributed by atoms with Crippen LogP contribution in [0.2, 0.25) is 0 Å². The molecule has 0 radical (unpaired) electrons. The number of nitrogens with zero attached hydrogens (tertiary/aromatic N) is 2. The Morgan fingerprint density at radius 3 is 2.41 bits per heavy atom. The summed E-state index contributed by atoms with van der Waals surface area (Å²) in [6, 6.07) is 19.8. The van der Waals surface area contributed by atoms with Crippen LogP contribution < -0.4 is 10.3 Å². The average molecular weight is 384 g/mol. The summed E-state index contributed by atoms with van der Waals surface area (Å²) in [5, 5.41) is 0.470. The highest BCUT2D eigenvalue weighted by Crippen LogP contribution is 2.21. The molecule has 0 N–H and O–H groups in total. The van der Waals surface area contributed by atoms with Crippen LogP contribution in [0.15, 0.2) is 82.1 Å². The van der Waals surface area contributed by atoms with E-state index in [1.54, 1.807) is 30.5 Å². The van der Waals surface area contributed by atoms with Crippen molar-refractivity contribution in [1.29, 1.82) is 0 Å². The highest BCUT2D eigenvalue weighted by molar-refractivity contribution is 6.04. The molecule has 0 unspecified atom stereocenters. The molecule has 5 nitrogen and oxygen atoms in total. The smallest absolute Gasteiger partial charge is 0.295 e. The van der Waals surface area contributed by atoms with Crippen LogP contribution >= 0.6 is 0 Å². The van der Waals surface area contributed by atoms with Crippen molar-refractivity contribution in [3.63, 3.8) is 0 Å². The fourth-order valence-corrected chi connectivity index (χ4v) is 3.19. The third kappa shape index (κ3) is 3.80. The number of hydrogen-bond acceptors (Lipinski definition) is 4. The van der Waals surface area contributed by atoms with Gasteiger partial charge in [-0.15, -0.1) is 0 Å². The molecule has 0 bridgehead atoms. The first-order chi connectivity index (χ1) is 14.0. The van der Waals surface area contributed by atoms with E-state index in [9.17, 15) is 9.59 Å². The number of pyridine rings is 1. The molecule has 4 aromatic rings. The first-order valence-corrected chi connectivity index (χ1v) is 9.35. The molecular weight excluding hydrogens is 364 g/mol. The zero-order valence-corrected chi connectivity index (χ0v) is 16.3. The van der Waals surface area contributed by atoms with Crippen molar-refractivity contribution in [1.82, 2.24) is 4.98 Å². The van der Waals surface area contributed by atoms with Gasteiger partial charge in [0, 0.05) is 12.3 Å². The van der Waals surface area contributed by atoms with Crippen LogP contribution in [0.1, 0.15) is 27.2 Å². The number of aryl methyl sites for hydroxylation is 2. The second-order valence-corrected chi connectivity index (χ2v) is 6.97. The fraction of sp³-hybridized carbons (Fsp3) is 0.125. The SMILES string of the molecule is Cc1cc2oc(C(=O)N(Cc3ccccc3)c3ccccn3)cc(=O)c2cc1C. The molecule has 29 heavy (non-hydrogen) atoms. The molecule has 1 amide bonds. The lowest BCUT2D eigenvalue weighted by molar-refractivity contribution is 0.0958. The van der Waals surface area contributed by atoms with Crippen LogP contribution in [0.4, 0.5) is 5.82 Å². The lowest BCUT2D eigenvalue weighted by Crippen LogP contribution is -2.31. The summed E-state index contributed by atoms with van der Waals surface area (Å²) in [4.78, 5) is 31.8. The summed E-state index contributed by atoms with van der Waals surface area (Å²) in [6.07, 6.45) is 1.63. The van der Waals surface area contributed by atoms with Crippen LogP contribution in [0.5, 0.6) is 0 Å². The van der Waals surface area contributed by atoms with E-state index < -0.39 is 5.91 Å². The van der Waals surface area contributed by atoms with E-state index in [1.165, 1.54) is 11.0 Å². The van der Waals surface area contributed by atoms with E-state index in [0.29, 0.717) is 23.3 Å². The van der Waals surface area contributed by atoms with E-state index in [-0.39, 0.29) is 11.2 Å². The van der Waals surface area contributed by atoms with Crippen molar-refractivity contribution in [2.75, 3.05) is 4.90 Å². The van der Waals surface area contributed by atoms with Crippen LogP contribution in [0.3, 0.4) is 0 Å². The molecule has 0 spiro atoms. The Morgan fingerprint density at radius 2 is 1.69 bits per heavy atom. The van der Waals surface area contributed by atoms with Crippen molar-refractivity contribution in [2.45, 2.75) is 20.4 Å². The van der Waals surface area contributed by atoms with Gasteiger partial charge in [0.15, 0.2) is 11.2 Å². The van der Waals surface area contributed by atoms with Crippen molar-refractivity contribution in [3.05, 3.63) is 106 Å². The van der Waals surface area contributed by atoms with Gasteiger partial charge >= 0.3 is 0 Å². The molecule has 0 saturated heterocycles. The van der Waals surface area contributed by atoms with E-state index in [0.717, 1.165) is 16.7 Å². The highest BCUT2D eigenvalue weighted by Gasteiger charge is 2.23. The number of hydrogen-bond donors (Lipinski definition) is 0. The summed E-state index contributed by atoms with van der Waals surface area (Å²) in [6.45, 7) is 4.19. The third-order valence-electron chi connectivity index (χ3n) is 4.91. The van der Waals surface area contributed by atoms with Crippen molar-refractivity contribution >= 4 is 22.7 Å². The maximum absolute atomic E-state index is 13.4. The van der Waals surface area contributed by atoms with Gasteiger partial charge < -0.3 is 4.42 Å². The van der Waals surface area contributed by atoms with Crippen LogP contribution in [-0.4, -0.2) is 10.9 Å². The minimum absolute atomic E-state index is 0.00710. The quantitative estimate of drug-likeness (QED) is 0.514. The van der Waals surface area contributed by atoms with Crippen LogP contribution in [0.25, 0.3) is 11.0 Å². The maximum atomic E-state index is 13.4. The van der Waals surface area contributed by atoms with Gasteiger partial charge in [0.05, 0.1) is 11.9 Å². The zero-order valence-electron chi connectivity index (χ0n) is 16.3. The fourth-order valence-electron chi connectivity index (χ4n) is 3.19. The number of benzene rings is 2. The lowest BCUT2D eigenvalue weighted by Gasteiger charge is -2.21. The van der Waals surface area contributed by atoms with E-state index in [1.807, 2.05) is 50.2 Å². The van der Waals surface area contributed by atoms with Crippen LogP contribution in [0, 0.1) is 13.8 Å². The molecule has 4 rings (SSSR count). The molecule has 0 atom stereocenters. The lowest BCUT2D eigenvalue weighted by atomic mass is 10.1. The number of carbonyl (C=O) groups excluding carboxylic acids is 1. The standard InChI is InChI=1S/C24H20N2O3/c1-16-12-19-20(27)14-22(29-21(19)13-17(16)2)24(28)26(23-10-6-7-11-25-23)15-18-8-4-3-5-9-18/h3-14H,15H2,1-2H3. The van der Waals surface area contributed by atoms with Gasteiger partial charge in [0.25, 0.3) is 5.91 Å². The molecule has 2 aromatic heterocycles. The van der Waals surface area contributed by atoms with Gasteiger partial charge in [-0.05, 0) is 54.8 Å². The summed E-state index contributed by atoms with van der Waals surface area (Å²) in [5.74, 6) is 0.0707. The number of carbonyl (C=O) groups is 1. The second kappa shape index (κ2) is 7.72. The van der Waals surface area contributed by atoms with Gasteiger partial charge in [0.2, 0.25) is 0 Å². The normalized spacial score (nSPS) is 10.8. The number of anilines is 1. The molecule has 0 saturated carbocycles. The molecule has 0 aliphatic carbocycles. The number of amides is 1. The Balaban J connectivity index is 1.80. The second-order valence-electron chi connectivity index (χ2n) is 6.97. The van der Waals surface area contributed by atoms with Crippen LogP contribution in [-0.2, 0) is 6.54 Å². The summed E-state index contributed by atoms with van der Waals surface area (Å²) in [5.41, 5.74) is 3.11. The first-order valence-electron chi connectivity index (χ1n) is 9.35. The molecule has 2 aromatic carbocycles. The van der Waals surface area contributed by atoms with Gasteiger partial charge in [-0.25, -0.2) is 4.98 Å². The Labute approximate surface area is 168 Å². The first kappa shape index (κ1) is 18.6. The van der Waals surface area contributed by atoms with Gasteiger partial charge in [-0.3, -0.25) is 14.5 Å². The van der Waals surface area contributed by atoms with E-state index >= 15 is 0 Å². The summed E-state index contributed by atoms with van der Waals surface area (Å²) < 4.78 is 5.86. The average Bonchev–Trinajstić information content (AvgIpc) is 2.74. The topological polar surface area (TPSA) is 63.4 Å². The summed E-state index contributed by atoms with van der Waals surface area (Å²) >= 11 is 0. The third-order valence-corrected chi connectivity index (χ3v) is 4.91. The van der Waals surface area contributed by atoms with Gasteiger partial charge in [-0.1, -0.05) is 36.4 Å². The minimum Gasteiger partial charge on any atom is -0.451 e. The van der Waals surface area contributed by atoms with Gasteiger partial charge in [-0.2, -0.15) is 0 Å². The number of fused-ring (bicyclic) bond motifs is 1. The summed E-state index contributed by atoms with van der Waals surface area (Å²) in [7, 11) is 0. The molecule has 2 heterocycles. The zero-order chi connectivity index (χ0) is 20.4. The Morgan fingerprint density at radius 1 is 0.966 bits per heavy atom. The van der Waals surface area contributed by atoms with E-state index in [2.05, 4.69) is 4.98 Å². The highest BCUT2D eigenvalue weighted by atomic mass is 16.3. The van der Waals surface area contributed by atoms with E-state index in [4.69, 9.17) is 4.42 Å². The predicted molar refractivity (Wildman–Crippen MR) is 113 cm³/mol. The van der Waals surface area contributed by atoms with Gasteiger partial charge in [0.1, 0.15) is 11.4 Å². The minimum atomic E-state index is -0.412. The maximum Gasteiger partial charge on any atom is 0.295 e. The molecular formula is C24H20N2O3. The largest absolute Gasteiger partial charge is 0.451 e. The van der Waals surface area contributed by atoms with Crippen molar-refractivity contribution < 1.29 is 9.21 Å². The van der Waals surface area contributed by atoms with Crippen molar-refractivity contribution in [3.8, 4) is 0 Å². The monoisotopic (exact) mass is 384 g/mol. The molecule has 5 heteroatoms.